The van der Waals surface area contributed by atoms with Gasteiger partial charge in [-0.05, 0) is 37.5 Å². The predicted octanol–water partition coefficient (Wildman–Crippen LogP) is 1.52. The number of benzene rings is 1. The van der Waals surface area contributed by atoms with Crippen molar-refractivity contribution in [2.75, 3.05) is 13.7 Å². The topological polar surface area (TPSA) is 87.7 Å². The van der Waals surface area contributed by atoms with E-state index >= 15 is 0 Å². The molecule has 4 amide bonds. The van der Waals surface area contributed by atoms with Gasteiger partial charge in [0.2, 0.25) is 5.91 Å². The van der Waals surface area contributed by atoms with Crippen molar-refractivity contribution in [3.05, 3.63) is 29.8 Å². The van der Waals surface area contributed by atoms with Crippen LogP contribution < -0.4 is 15.4 Å². The molecule has 1 aromatic carbocycles. The molecule has 1 aromatic rings. The second-order valence-electron chi connectivity index (χ2n) is 6.72. The van der Waals surface area contributed by atoms with Gasteiger partial charge < -0.3 is 15.4 Å². The fraction of sp³-hybridized carbons (Fsp3) is 0.500. The molecular weight excluding hydrogens is 322 g/mol. The van der Waals surface area contributed by atoms with Gasteiger partial charge >= 0.3 is 6.03 Å². The zero-order chi connectivity index (χ0) is 18.0. The van der Waals surface area contributed by atoms with E-state index in [1.165, 1.54) is 0 Å². The van der Waals surface area contributed by atoms with Crippen molar-refractivity contribution in [1.82, 2.24) is 15.5 Å². The number of imide groups is 1. The predicted molar refractivity (Wildman–Crippen MR) is 91.0 cm³/mol. The van der Waals surface area contributed by atoms with Gasteiger partial charge in [-0.25, -0.2) is 4.79 Å². The van der Waals surface area contributed by atoms with E-state index in [-0.39, 0.29) is 18.5 Å². The first-order chi connectivity index (χ1) is 11.9. The van der Waals surface area contributed by atoms with E-state index in [1.54, 1.807) is 38.3 Å². The second kappa shape index (κ2) is 6.74. The van der Waals surface area contributed by atoms with Crippen molar-refractivity contribution < 1.29 is 19.1 Å². The van der Waals surface area contributed by atoms with E-state index < -0.39 is 17.5 Å². The summed E-state index contributed by atoms with van der Waals surface area (Å²) >= 11 is 0. The van der Waals surface area contributed by atoms with Crippen LogP contribution >= 0.6 is 0 Å². The standard InChI is InChI=1S/C18H23N3O4/c1-18(12-7-9-14(25-2)10-8-12)16(23)21(17(24)20-18)11-15(22)19-13-5-3-4-6-13/h7-10,13H,3-6,11H2,1-2H3,(H,19,22)(H,20,24)/t18-/m1/s1. The summed E-state index contributed by atoms with van der Waals surface area (Å²) in [6.45, 7) is 1.39. The highest BCUT2D eigenvalue weighted by atomic mass is 16.5. The van der Waals surface area contributed by atoms with Crippen molar-refractivity contribution in [3.63, 3.8) is 0 Å². The highest BCUT2D eigenvalue weighted by Gasteiger charge is 2.49. The largest absolute Gasteiger partial charge is 0.497 e. The Morgan fingerprint density at radius 3 is 2.52 bits per heavy atom. The number of ether oxygens (including phenoxy) is 1. The first kappa shape index (κ1) is 17.3. The van der Waals surface area contributed by atoms with Crippen LogP contribution in [0.4, 0.5) is 4.79 Å². The number of nitrogens with zero attached hydrogens (tertiary/aromatic N) is 1. The van der Waals surface area contributed by atoms with Gasteiger partial charge in [-0.1, -0.05) is 25.0 Å². The number of urea groups is 1. The van der Waals surface area contributed by atoms with E-state index in [2.05, 4.69) is 10.6 Å². The van der Waals surface area contributed by atoms with Crippen molar-refractivity contribution >= 4 is 17.8 Å². The fourth-order valence-corrected chi connectivity index (χ4v) is 3.45. The number of amides is 4. The second-order valence-corrected chi connectivity index (χ2v) is 6.72. The van der Waals surface area contributed by atoms with Gasteiger partial charge in [-0.15, -0.1) is 0 Å². The Kier molecular flexibility index (Phi) is 4.65. The van der Waals surface area contributed by atoms with Gasteiger partial charge in [0.05, 0.1) is 7.11 Å². The third-order valence-electron chi connectivity index (χ3n) is 4.96. The minimum Gasteiger partial charge on any atom is -0.497 e. The fourth-order valence-electron chi connectivity index (χ4n) is 3.45. The van der Waals surface area contributed by atoms with Crippen LogP contribution in [0.3, 0.4) is 0 Å². The zero-order valence-electron chi connectivity index (χ0n) is 14.5. The maximum absolute atomic E-state index is 12.8. The Morgan fingerprint density at radius 2 is 1.92 bits per heavy atom. The average molecular weight is 345 g/mol. The molecule has 0 spiro atoms. The third kappa shape index (κ3) is 3.31. The van der Waals surface area contributed by atoms with E-state index in [0.717, 1.165) is 30.6 Å². The molecule has 0 unspecified atom stereocenters. The van der Waals surface area contributed by atoms with Gasteiger partial charge in [-0.2, -0.15) is 0 Å². The molecule has 25 heavy (non-hydrogen) atoms. The molecule has 1 heterocycles. The summed E-state index contributed by atoms with van der Waals surface area (Å²) in [6.07, 6.45) is 4.11. The van der Waals surface area contributed by atoms with Crippen LogP contribution in [-0.2, 0) is 15.1 Å². The molecule has 0 radical (unpaired) electrons. The number of rotatable bonds is 5. The molecule has 1 aliphatic heterocycles. The molecule has 0 aromatic heterocycles. The molecular formula is C18H23N3O4. The third-order valence-corrected chi connectivity index (χ3v) is 4.96. The number of carbonyl (C=O) groups excluding carboxylic acids is 3. The van der Waals surface area contributed by atoms with E-state index in [9.17, 15) is 14.4 Å². The molecule has 1 saturated heterocycles. The molecule has 3 rings (SSSR count). The molecule has 1 atom stereocenters. The van der Waals surface area contributed by atoms with E-state index in [1.807, 2.05) is 0 Å². The Labute approximate surface area is 146 Å². The van der Waals surface area contributed by atoms with Crippen LogP contribution in [0.5, 0.6) is 5.75 Å². The Hall–Kier alpha value is -2.57. The highest BCUT2D eigenvalue weighted by molar-refractivity contribution is 6.09. The maximum Gasteiger partial charge on any atom is 0.325 e. The van der Waals surface area contributed by atoms with Crippen molar-refractivity contribution in [1.29, 1.82) is 0 Å². The monoisotopic (exact) mass is 345 g/mol. The molecule has 134 valence electrons. The van der Waals surface area contributed by atoms with Crippen LogP contribution in [-0.4, -0.2) is 42.4 Å². The summed E-state index contributed by atoms with van der Waals surface area (Å²) in [7, 11) is 1.56. The number of nitrogens with one attached hydrogen (secondary N) is 2. The minimum atomic E-state index is -1.18. The Balaban J connectivity index is 1.71. The number of hydrogen-bond acceptors (Lipinski definition) is 4. The summed E-state index contributed by atoms with van der Waals surface area (Å²) in [4.78, 5) is 38.2. The van der Waals surface area contributed by atoms with Crippen LogP contribution in [0.15, 0.2) is 24.3 Å². The van der Waals surface area contributed by atoms with Crippen LogP contribution in [0.2, 0.25) is 0 Å². The highest BCUT2D eigenvalue weighted by Crippen LogP contribution is 2.30. The van der Waals surface area contributed by atoms with Crippen molar-refractivity contribution in [3.8, 4) is 5.75 Å². The lowest BCUT2D eigenvalue weighted by molar-refractivity contribution is -0.135. The minimum absolute atomic E-state index is 0.154. The Bertz CT molecular complexity index is 682. The van der Waals surface area contributed by atoms with Crippen molar-refractivity contribution in [2.45, 2.75) is 44.2 Å². The summed E-state index contributed by atoms with van der Waals surface area (Å²) < 4.78 is 5.11. The number of methoxy groups -OCH3 is 1. The van der Waals surface area contributed by atoms with Gasteiger partial charge in [0.15, 0.2) is 0 Å². The summed E-state index contributed by atoms with van der Waals surface area (Å²) in [5.74, 6) is -0.0597. The van der Waals surface area contributed by atoms with E-state index in [0.29, 0.717) is 11.3 Å². The smallest absolute Gasteiger partial charge is 0.325 e. The summed E-state index contributed by atoms with van der Waals surface area (Å²) in [5, 5.41) is 5.60. The molecule has 7 nitrogen and oxygen atoms in total. The van der Waals surface area contributed by atoms with E-state index in [4.69, 9.17) is 4.74 Å². The van der Waals surface area contributed by atoms with Crippen LogP contribution in [0.25, 0.3) is 0 Å². The quantitative estimate of drug-likeness (QED) is 0.792. The number of hydrogen-bond donors (Lipinski definition) is 2. The normalized spacial score (nSPS) is 23.7. The lowest BCUT2D eigenvalue weighted by Crippen LogP contribution is -2.45. The lowest BCUT2D eigenvalue weighted by Gasteiger charge is -2.22. The average Bonchev–Trinajstić information content (AvgIpc) is 3.18. The van der Waals surface area contributed by atoms with Gasteiger partial charge in [0, 0.05) is 6.04 Å². The molecule has 0 bridgehead atoms. The molecule has 7 heteroatoms. The molecule has 1 aliphatic carbocycles. The first-order valence-electron chi connectivity index (χ1n) is 8.52. The van der Waals surface area contributed by atoms with Gasteiger partial charge in [0.1, 0.15) is 17.8 Å². The van der Waals surface area contributed by atoms with Crippen LogP contribution in [0, 0.1) is 0 Å². The van der Waals surface area contributed by atoms with Gasteiger partial charge in [0.25, 0.3) is 5.91 Å². The summed E-state index contributed by atoms with van der Waals surface area (Å²) in [6, 6.07) is 6.54. The maximum atomic E-state index is 12.8. The summed E-state index contributed by atoms with van der Waals surface area (Å²) in [5.41, 5.74) is -0.540. The SMILES string of the molecule is COc1ccc([C@@]2(C)NC(=O)N(CC(=O)NC3CCCC3)C2=O)cc1. The zero-order valence-corrected chi connectivity index (χ0v) is 14.5. The van der Waals surface area contributed by atoms with Crippen molar-refractivity contribution in [2.24, 2.45) is 0 Å². The molecule has 2 N–H and O–H groups in total. The Morgan fingerprint density at radius 1 is 1.28 bits per heavy atom. The lowest BCUT2D eigenvalue weighted by atomic mass is 9.92. The number of carbonyl (C=O) groups is 3. The molecule has 2 fully saturated rings. The van der Waals surface area contributed by atoms with Gasteiger partial charge in [-0.3, -0.25) is 14.5 Å². The molecule has 2 aliphatic rings. The first-order valence-corrected chi connectivity index (χ1v) is 8.52. The molecule has 1 saturated carbocycles. The van der Waals surface area contributed by atoms with Crippen LogP contribution in [0.1, 0.15) is 38.2 Å².